The van der Waals surface area contributed by atoms with Crippen LogP contribution in [0.15, 0.2) is 146 Å². The van der Waals surface area contributed by atoms with E-state index >= 15 is 8.78 Å². The Balaban J connectivity index is 1.40. The Morgan fingerprint density at radius 2 is 0.803 bits per heavy atom. The van der Waals surface area contributed by atoms with E-state index in [0.29, 0.717) is 49.4 Å². The summed E-state index contributed by atoms with van der Waals surface area (Å²) in [6.45, 7) is 18.5. The Morgan fingerprint density at radius 3 is 1.15 bits per heavy atom. The first kappa shape index (κ1) is 44.9. The minimum atomic E-state index is -0.571. The van der Waals surface area contributed by atoms with Gasteiger partial charge in [-0.3, -0.25) is 0 Å². The molecule has 0 saturated carbocycles. The highest BCUT2D eigenvalue weighted by atomic mass is 19.1. The SMILES string of the molecule is CC(C)COc1ccc(C(C)(C)C(Cc2ccc(F)c(Oc3ccccc3)c2)OC(Cc2ccc(F)c(Oc3ccccc3)c2)C(C)(C)c2ccc(OCC(C)C)cc2)cc1. The van der Waals surface area contributed by atoms with Gasteiger partial charge in [0, 0.05) is 10.8 Å². The third-order valence-corrected chi connectivity index (χ3v) is 11.1. The molecule has 6 rings (SSSR count). The molecule has 6 aromatic rings. The van der Waals surface area contributed by atoms with Crippen LogP contribution in [0, 0.1) is 23.5 Å². The van der Waals surface area contributed by atoms with Crippen LogP contribution in [0.25, 0.3) is 0 Å². The lowest BCUT2D eigenvalue weighted by molar-refractivity contribution is -0.0753. The van der Waals surface area contributed by atoms with Gasteiger partial charge < -0.3 is 23.7 Å². The number of ether oxygens (including phenoxy) is 5. The lowest BCUT2D eigenvalue weighted by Crippen LogP contribution is -2.46. The van der Waals surface area contributed by atoms with Crippen molar-refractivity contribution in [3.05, 3.63) is 179 Å². The summed E-state index contributed by atoms with van der Waals surface area (Å²) in [5, 5.41) is 0. The minimum Gasteiger partial charge on any atom is -0.493 e. The fourth-order valence-electron chi connectivity index (χ4n) is 7.17. The van der Waals surface area contributed by atoms with Crippen LogP contribution in [0.5, 0.6) is 34.5 Å². The van der Waals surface area contributed by atoms with Crippen LogP contribution in [-0.2, 0) is 28.4 Å². The second-order valence-corrected chi connectivity index (χ2v) is 17.8. The van der Waals surface area contributed by atoms with E-state index in [9.17, 15) is 0 Å². The predicted molar refractivity (Wildman–Crippen MR) is 242 cm³/mol. The van der Waals surface area contributed by atoms with Gasteiger partial charge in [0.2, 0.25) is 0 Å². The summed E-state index contributed by atoms with van der Waals surface area (Å²) in [5.74, 6) is 2.86. The highest BCUT2D eigenvalue weighted by molar-refractivity contribution is 5.40. The van der Waals surface area contributed by atoms with Gasteiger partial charge in [-0.05, 0) is 120 Å². The van der Waals surface area contributed by atoms with Crippen LogP contribution in [0.4, 0.5) is 8.78 Å². The smallest absolute Gasteiger partial charge is 0.165 e. The molecule has 6 aromatic carbocycles. The van der Waals surface area contributed by atoms with E-state index in [2.05, 4.69) is 79.7 Å². The summed E-state index contributed by atoms with van der Waals surface area (Å²) in [7, 11) is 0. The van der Waals surface area contributed by atoms with Crippen LogP contribution in [0.3, 0.4) is 0 Å². The van der Waals surface area contributed by atoms with Crippen molar-refractivity contribution in [1.29, 1.82) is 0 Å². The topological polar surface area (TPSA) is 46.2 Å². The van der Waals surface area contributed by atoms with E-state index in [0.717, 1.165) is 33.8 Å². The van der Waals surface area contributed by atoms with Crippen LogP contribution < -0.4 is 18.9 Å². The van der Waals surface area contributed by atoms with Crippen LogP contribution in [-0.4, -0.2) is 25.4 Å². The van der Waals surface area contributed by atoms with Crippen molar-refractivity contribution in [2.45, 2.75) is 91.3 Å². The van der Waals surface area contributed by atoms with Crippen LogP contribution >= 0.6 is 0 Å². The molecule has 0 saturated heterocycles. The molecule has 0 bridgehead atoms. The number of benzene rings is 6. The molecular formula is C54H60F2O5. The molecule has 7 heteroatoms. The summed E-state index contributed by atoms with van der Waals surface area (Å²) in [5.41, 5.74) is 2.68. The first-order valence-electron chi connectivity index (χ1n) is 21.3. The van der Waals surface area contributed by atoms with Crippen molar-refractivity contribution in [3.8, 4) is 34.5 Å². The normalized spacial score (nSPS) is 12.9. The average Bonchev–Trinajstić information content (AvgIpc) is 3.25. The van der Waals surface area contributed by atoms with Crippen LogP contribution in [0.1, 0.15) is 77.6 Å². The monoisotopic (exact) mass is 826 g/mol. The van der Waals surface area contributed by atoms with Gasteiger partial charge in [-0.15, -0.1) is 0 Å². The van der Waals surface area contributed by atoms with Gasteiger partial charge >= 0.3 is 0 Å². The Kier molecular flexibility index (Phi) is 14.9. The number of rotatable bonds is 20. The molecule has 0 heterocycles. The molecule has 0 aliphatic carbocycles. The van der Waals surface area contributed by atoms with E-state index < -0.39 is 34.7 Å². The highest BCUT2D eigenvalue weighted by Crippen LogP contribution is 2.40. The molecule has 0 aliphatic heterocycles. The van der Waals surface area contributed by atoms with Crippen molar-refractivity contribution in [2.75, 3.05) is 13.2 Å². The van der Waals surface area contributed by atoms with Gasteiger partial charge in [-0.25, -0.2) is 8.78 Å². The summed E-state index contributed by atoms with van der Waals surface area (Å²) >= 11 is 0. The lowest BCUT2D eigenvalue weighted by atomic mass is 9.74. The second-order valence-electron chi connectivity index (χ2n) is 17.8. The summed E-state index contributed by atoms with van der Waals surface area (Å²) in [4.78, 5) is 0. The molecule has 5 nitrogen and oxygen atoms in total. The van der Waals surface area contributed by atoms with Crippen LogP contribution in [0.2, 0.25) is 0 Å². The molecule has 0 amide bonds. The van der Waals surface area contributed by atoms with Gasteiger partial charge in [-0.2, -0.15) is 0 Å². The fraction of sp³-hybridized carbons (Fsp3) is 0.333. The molecule has 320 valence electrons. The van der Waals surface area contributed by atoms with Crippen molar-refractivity contribution >= 4 is 0 Å². The second kappa shape index (κ2) is 20.3. The van der Waals surface area contributed by atoms with Gasteiger partial charge in [-0.1, -0.05) is 128 Å². The molecule has 0 fully saturated rings. The lowest BCUT2D eigenvalue weighted by Gasteiger charge is -2.43. The molecule has 0 spiro atoms. The van der Waals surface area contributed by atoms with Crippen molar-refractivity contribution in [1.82, 2.24) is 0 Å². The minimum absolute atomic E-state index is 0.140. The molecule has 0 aromatic heterocycles. The molecule has 0 aliphatic rings. The van der Waals surface area contributed by atoms with Gasteiger partial charge in [0.25, 0.3) is 0 Å². The van der Waals surface area contributed by atoms with E-state index in [1.165, 1.54) is 12.1 Å². The van der Waals surface area contributed by atoms with E-state index in [1.807, 2.05) is 60.7 Å². The largest absolute Gasteiger partial charge is 0.493 e. The van der Waals surface area contributed by atoms with E-state index in [1.54, 1.807) is 48.5 Å². The Labute approximate surface area is 361 Å². The zero-order valence-corrected chi connectivity index (χ0v) is 36.8. The van der Waals surface area contributed by atoms with Crippen molar-refractivity contribution in [3.63, 3.8) is 0 Å². The van der Waals surface area contributed by atoms with E-state index in [-0.39, 0.29) is 11.5 Å². The first-order chi connectivity index (χ1) is 29.2. The predicted octanol–water partition coefficient (Wildman–Crippen LogP) is 14.1. The average molecular weight is 827 g/mol. The summed E-state index contributed by atoms with van der Waals surface area (Å²) in [6, 6.07) is 44.9. The summed E-state index contributed by atoms with van der Waals surface area (Å²) < 4.78 is 62.4. The van der Waals surface area contributed by atoms with E-state index in [4.69, 9.17) is 23.7 Å². The third-order valence-electron chi connectivity index (χ3n) is 11.1. The number of para-hydroxylation sites is 2. The first-order valence-corrected chi connectivity index (χ1v) is 21.3. The molecule has 2 unspecified atom stereocenters. The molecule has 0 radical (unpaired) electrons. The Hall–Kier alpha value is -5.66. The third kappa shape index (κ3) is 12.2. The Bertz CT molecular complexity index is 2110. The van der Waals surface area contributed by atoms with Gasteiger partial charge in [0.1, 0.15) is 23.0 Å². The van der Waals surface area contributed by atoms with Gasteiger partial charge in [0.15, 0.2) is 23.1 Å². The number of hydrogen-bond acceptors (Lipinski definition) is 5. The zero-order chi connectivity index (χ0) is 43.6. The molecule has 2 atom stereocenters. The number of halogens is 2. The molecule has 61 heavy (non-hydrogen) atoms. The molecule has 0 N–H and O–H groups in total. The quantitative estimate of drug-likeness (QED) is 0.0767. The zero-order valence-electron chi connectivity index (χ0n) is 36.8. The number of hydrogen-bond donors (Lipinski definition) is 0. The maximum Gasteiger partial charge on any atom is 0.165 e. The fourth-order valence-corrected chi connectivity index (χ4v) is 7.17. The van der Waals surface area contributed by atoms with Gasteiger partial charge in [0.05, 0.1) is 25.4 Å². The van der Waals surface area contributed by atoms with Crippen molar-refractivity contribution in [2.24, 2.45) is 11.8 Å². The maximum atomic E-state index is 15.3. The standard InChI is InChI=1S/C54H60F2O5/c1-37(2)35-57-43-25-21-41(22-26-43)53(5,6)51(33-39-19-29-47(55)49(31-39)59-45-15-11-9-12-16-45)61-52(54(7,8)42-23-27-44(28-24-42)58-36-38(3)4)34-40-20-30-48(56)50(32-40)60-46-17-13-10-14-18-46/h9-32,37-38,51-52H,33-36H2,1-8H3. The summed E-state index contributed by atoms with van der Waals surface area (Å²) in [6.07, 6.45) is -0.0128. The Morgan fingerprint density at radius 1 is 0.443 bits per heavy atom. The highest BCUT2D eigenvalue weighted by Gasteiger charge is 2.40. The molecular weight excluding hydrogens is 767 g/mol. The van der Waals surface area contributed by atoms with Crippen molar-refractivity contribution < 1.29 is 32.5 Å². The maximum absolute atomic E-state index is 15.3.